The second-order valence-corrected chi connectivity index (χ2v) is 5.58. The lowest BCUT2D eigenvalue weighted by Crippen LogP contribution is -2.04. The van der Waals surface area contributed by atoms with Crippen LogP contribution in [0.2, 0.25) is 0 Å². The highest BCUT2D eigenvalue weighted by Crippen LogP contribution is 2.31. The molecule has 1 aromatic carbocycles. The van der Waals surface area contributed by atoms with Gasteiger partial charge in [-0.25, -0.2) is 4.98 Å². The van der Waals surface area contributed by atoms with Crippen LogP contribution in [0.15, 0.2) is 29.8 Å². The number of aryl methyl sites for hydroxylation is 1. The second-order valence-electron chi connectivity index (χ2n) is 4.75. The molecule has 0 aliphatic carbocycles. The van der Waals surface area contributed by atoms with Crippen molar-refractivity contribution < 1.29 is 4.74 Å². The van der Waals surface area contributed by atoms with Gasteiger partial charge in [-0.15, -0.1) is 11.3 Å². The summed E-state index contributed by atoms with van der Waals surface area (Å²) in [5, 5.41) is 2.12. The fraction of sp³-hybridized carbons (Fsp3) is 0.267. The number of nitrogens with two attached hydrogens (primary N) is 1. The van der Waals surface area contributed by atoms with Crippen LogP contribution in [0.1, 0.15) is 11.3 Å². The minimum absolute atomic E-state index is 0.646. The number of nitrogens with zero attached hydrogens (tertiary/aromatic N) is 2. The van der Waals surface area contributed by atoms with Crippen molar-refractivity contribution in [1.82, 2.24) is 9.38 Å². The molecule has 2 aromatic heterocycles. The molecule has 0 aliphatic heterocycles. The van der Waals surface area contributed by atoms with E-state index in [0.717, 1.165) is 28.4 Å². The lowest BCUT2D eigenvalue weighted by molar-refractivity contribution is 0.416. The van der Waals surface area contributed by atoms with E-state index in [9.17, 15) is 0 Å². The Morgan fingerprint density at radius 2 is 2.25 bits per heavy atom. The molecule has 0 aliphatic rings. The molecule has 20 heavy (non-hydrogen) atoms. The summed E-state index contributed by atoms with van der Waals surface area (Å²) in [5.41, 5.74) is 10.0. The summed E-state index contributed by atoms with van der Waals surface area (Å²) in [7, 11) is 1.69. The first-order valence-corrected chi connectivity index (χ1v) is 7.41. The molecule has 3 rings (SSSR count). The average Bonchev–Trinajstić information content (AvgIpc) is 3.01. The number of rotatable bonds is 4. The molecule has 0 saturated carbocycles. The van der Waals surface area contributed by atoms with Gasteiger partial charge in [0.25, 0.3) is 0 Å². The summed E-state index contributed by atoms with van der Waals surface area (Å²) in [6.45, 7) is 2.72. The first-order chi connectivity index (χ1) is 9.72. The van der Waals surface area contributed by atoms with E-state index in [1.165, 1.54) is 11.3 Å². The van der Waals surface area contributed by atoms with Crippen molar-refractivity contribution >= 4 is 16.3 Å². The molecule has 0 unspecified atom stereocenters. The van der Waals surface area contributed by atoms with Gasteiger partial charge in [0.15, 0.2) is 4.96 Å². The third kappa shape index (κ3) is 2.19. The van der Waals surface area contributed by atoms with Crippen molar-refractivity contribution in [2.75, 3.05) is 13.7 Å². The zero-order valence-electron chi connectivity index (χ0n) is 11.6. The van der Waals surface area contributed by atoms with Crippen molar-refractivity contribution in [3.05, 3.63) is 41.0 Å². The topological polar surface area (TPSA) is 52.5 Å². The molecule has 2 N–H and O–H groups in total. The Morgan fingerprint density at radius 3 is 3.00 bits per heavy atom. The van der Waals surface area contributed by atoms with E-state index in [1.807, 2.05) is 12.1 Å². The lowest BCUT2D eigenvalue weighted by Gasteiger charge is -2.06. The Kier molecular flexibility index (Phi) is 3.46. The summed E-state index contributed by atoms with van der Waals surface area (Å²) in [6, 6.07) is 6.13. The quantitative estimate of drug-likeness (QED) is 0.802. The minimum Gasteiger partial charge on any atom is -0.496 e. The van der Waals surface area contributed by atoms with Crippen LogP contribution in [-0.2, 0) is 6.42 Å². The van der Waals surface area contributed by atoms with Gasteiger partial charge < -0.3 is 10.5 Å². The fourth-order valence-electron chi connectivity index (χ4n) is 2.31. The average molecular weight is 287 g/mol. The molecule has 2 heterocycles. The van der Waals surface area contributed by atoms with Gasteiger partial charge in [-0.3, -0.25) is 4.40 Å². The maximum Gasteiger partial charge on any atom is 0.194 e. The van der Waals surface area contributed by atoms with Crippen LogP contribution in [0.3, 0.4) is 0 Å². The SMILES string of the molecule is COc1ccc(C)cc1-c1cn2c(CCN)csc2n1. The van der Waals surface area contributed by atoms with Crippen LogP contribution in [0.5, 0.6) is 5.75 Å². The summed E-state index contributed by atoms with van der Waals surface area (Å²) >= 11 is 1.64. The van der Waals surface area contributed by atoms with E-state index in [2.05, 4.69) is 29.0 Å². The van der Waals surface area contributed by atoms with Crippen molar-refractivity contribution in [1.29, 1.82) is 0 Å². The molecule has 3 aromatic rings. The van der Waals surface area contributed by atoms with E-state index < -0.39 is 0 Å². The van der Waals surface area contributed by atoms with Gasteiger partial charge in [0.05, 0.1) is 12.8 Å². The van der Waals surface area contributed by atoms with Gasteiger partial charge in [0.2, 0.25) is 0 Å². The van der Waals surface area contributed by atoms with Crippen molar-refractivity contribution in [3.63, 3.8) is 0 Å². The fourth-order valence-corrected chi connectivity index (χ4v) is 3.22. The number of hydrogen-bond donors (Lipinski definition) is 1. The molecule has 0 spiro atoms. The van der Waals surface area contributed by atoms with Crippen molar-refractivity contribution in [2.45, 2.75) is 13.3 Å². The molecule has 104 valence electrons. The normalized spacial score (nSPS) is 11.2. The molecule has 4 nitrogen and oxygen atoms in total. The van der Waals surface area contributed by atoms with Gasteiger partial charge in [-0.1, -0.05) is 11.6 Å². The van der Waals surface area contributed by atoms with E-state index in [4.69, 9.17) is 15.5 Å². The number of hydrogen-bond acceptors (Lipinski definition) is 4. The first-order valence-electron chi connectivity index (χ1n) is 6.53. The summed E-state index contributed by atoms with van der Waals surface area (Å²) in [5.74, 6) is 0.849. The van der Waals surface area contributed by atoms with Gasteiger partial charge in [-0.05, 0) is 25.6 Å². The number of methoxy groups -OCH3 is 1. The largest absolute Gasteiger partial charge is 0.496 e. The number of benzene rings is 1. The van der Waals surface area contributed by atoms with Crippen LogP contribution in [0.25, 0.3) is 16.2 Å². The Bertz CT molecular complexity index is 745. The van der Waals surface area contributed by atoms with E-state index in [-0.39, 0.29) is 0 Å². The number of fused-ring (bicyclic) bond motifs is 1. The van der Waals surface area contributed by atoms with Crippen LogP contribution < -0.4 is 10.5 Å². The number of thiazole rings is 1. The molecular weight excluding hydrogens is 270 g/mol. The van der Waals surface area contributed by atoms with Gasteiger partial charge in [0, 0.05) is 29.3 Å². The molecule has 0 radical (unpaired) electrons. The molecule has 0 atom stereocenters. The van der Waals surface area contributed by atoms with Crippen LogP contribution in [0, 0.1) is 6.92 Å². The van der Waals surface area contributed by atoms with Crippen LogP contribution in [-0.4, -0.2) is 23.0 Å². The Hall–Kier alpha value is -1.85. The van der Waals surface area contributed by atoms with Gasteiger partial charge in [-0.2, -0.15) is 0 Å². The number of ether oxygens (including phenoxy) is 1. The molecule has 0 bridgehead atoms. The minimum atomic E-state index is 0.646. The Morgan fingerprint density at radius 1 is 1.40 bits per heavy atom. The smallest absolute Gasteiger partial charge is 0.194 e. The predicted molar refractivity (Wildman–Crippen MR) is 82.6 cm³/mol. The van der Waals surface area contributed by atoms with E-state index in [1.54, 1.807) is 18.4 Å². The molecule has 0 saturated heterocycles. The van der Waals surface area contributed by atoms with E-state index >= 15 is 0 Å². The number of aromatic nitrogens is 2. The molecular formula is C15H17N3OS. The number of imidazole rings is 1. The highest BCUT2D eigenvalue weighted by molar-refractivity contribution is 7.15. The summed E-state index contributed by atoms with van der Waals surface area (Å²) < 4.78 is 7.56. The zero-order chi connectivity index (χ0) is 14.1. The molecule has 5 heteroatoms. The Balaban J connectivity index is 2.12. The zero-order valence-corrected chi connectivity index (χ0v) is 12.4. The first kappa shape index (κ1) is 13.1. The highest BCUT2D eigenvalue weighted by Gasteiger charge is 2.13. The highest BCUT2D eigenvalue weighted by atomic mass is 32.1. The summed E-state index contributed by atoms with van der Waals surface area (Å²) in [4.78, 5) is 5.69. The Labute approximate surface area is 121 Å². The standard InChI is InChI=1S/C15H17N3OS/c1-10-3-4-14(19-2)12(7-10)13-8-18-11(5-6-16)9-20-15(18)17-13/h3-4,7-9H,5-6,16H2,1-2H3. The maximum atomic E-state index is 5.65. The third-order valence-corrected chi connectivity index (χ3v) is 4.20. The predicted octanol–water partition coefficient (Wildman–Crippen LogP) is 2.88. The monoisotopic (exact) mass is 287 g/mol. The van der Waals surface area contributed by atoms with Gasteiger partial charge in [0.1, 0.15) is 5.75 Å². The summed E-state index contributed by atoms with van der Waals surface area (Å²) in [6.07, 6.45) is 2.93. The van der Waals surface area contributed by atoms with E-state index in [0.29, 0.717) is 6.54 Å². The lowest BCUT2D eigenvalue weighted by atomic mass is 10.1. The molecule has 0 amide bonds. The van der Waals surface area contributed by atoms with Crippen LogP contribution in [0.4, 0.5) is 0 Å². The third-order valence-electron chi connectivity index (χ3n) is 3.31. The van der Waals surface area contributed by atoms with Crippen molar-refractivity contribution in [3.8, 4) is 17.0 Å². The van der Waals surface area contributed by atoms with Gasteiger partial charge >= 0.3 is 0 Å². The maximum absolute atomic E-state index is 5.65. The second kappa shape index (κ2) is 5.26. The van der Waals surface area contributed by atoms with Crippen LogP contribution >= 0.6 is 11.3 Å². The molecule has 0 fully saturated rings. The van der Waals surface area contributed by atoms with Crippen molar-refractivity contribution in [2.24, 2.45) is 5.73 Å².